The Morgan fingerprint density at radius 1 is 0.542 bits per heavy atom. The molecule has 4 aromatic rings. The van der Waals surface area contributed by atoms with Gasteiger partial charge in [-0.25, -0.2) is 0 Å². The van der Waals surface area contributed by atoms with Gasteiger partial charge in [0, 0.05) is 10.8 Å². The van der Waals surface area contributed by atoms with E-state index in [0.29, 0.717) is 0 Å². The fraction of sp³-hybridized carbons (Fsp3) is 0.333. The summed E-state index contributed by atoms with van der Waals surface area (Å²) in [5, 5.41) is 22.6. The van der Waals surface area contributed by atoms with Crippen LogP contribution in [0.25, 0.3) is 22.1 Å². The minimum Gasteiger partial charge on any atom is -0.197 e. The van der Waals surface area contributed by atoms with Crippen molar-refractivity contribution in [1.29, 1.82) is 0 Å². The highest BCUT2D eigenvalue weighted by atomic mass is 15.3. The van der Waals surface area contributed by atoms with Crippen LogP contribution in [0.3, 0.4) is 0 Å². The first-order valence-electron chi connectivity index (χ1n) is 8.10. The standard InChI is InChI=1S/C18H18N6/c1-17(2)9-5-13-15(21-23-19-13)7-11(9)18(3,4)12-8-16-14(6-10(12)17)20-24-22-16/h5-8H,1-4H3,(H,19,21,23)(H,20,22,24). The van der Waals surface area contributed by atoms with Crippen LogP contribution in [0.2, 0.25) is 0 Å². The third kappa shape index (κ3) is 1.50. The summed E-state index contributed by atoms with van der Waals surface area (Å²) < 4.78 is 0. The maximum absolute atomic E-state index is 4.27. The number of rotatable bonds is 0. The van der Waals surface area contributed by atoms with Crippen molar-refractivity contribution in [3.05, 3.63) is 46.5 Å². The summed E-state index contributed by atoms with van der Waals surface area (Å²) in [4.78, 5) is 0. The lowest BCUT2D eigenvalue weighted by Crippen LogP contribution is -2.36. The van der Waals surface area contributed by atoms with Gasteiger partial charge in [-0.3, -0.25) is 0 Å². The Labute approximate surface area is 138 Å². The minimum absolute atomic E-state index is 0.138. The monoisotopic (exact) mass is 318 g/mol. The van der Waals surface area contributed by atoms with Gasteiger partial charge in [-0.05, 0) is 46.5 Å². The predicted molar refractivity (Wildman–Crippen MR) is 92.0 cm³/mol. The van der Waals surface area contributed by atoms with E-state index in [-0.39, 0.29) is 10.8 Å². The van der Waals surface area contributed by atoms with Crippen molar-refractivity contribution in [2.45, 2.75) is 38.5 Å². The van der Waals surface area contributed by atoms with E-state index in [9.17, 15) is 0 Å². The van der Waals surface area contributed by atoms with Gasteiger partial charge in [-0.1, -0.05) is 27.7 Å². The fourth-order valence-corrected chi connectivity index (χ4v) is 4.14. The summed E-state index contributed by atoms with van der Waals surface area (Å²) in [6, 6.07) is 8.69. The molecule has 1 aliphatic carbocycles. The normalized spacial score (nSPS) is 17.8. The average Bonchev–Trinajstić information content (AvgIpc) is 3.19. The van der Waals surface area contributed by atoms with Crippen LogP contribution < -0.4 is 0 Å². The molecule has 5 rings (SSSR count). The molecule has 0 saturated heterocycles. The zero-order chi connectivity index (χ0) is 16.7. The van der Waals surface area contributed by atoms with Crippen molar-refractivity contribution < 1.29 is 0 Å². The highest BCUT2D eigenvalue weighted by Crippen LogP contribution is 2.50. The first kappa shape index (κ1) is 13.7. The molecular formula is C18H18N6. The van der Waals surface area contributed by atoms with Crippen LogP contribution in [0.4, 0.5) is 0 Å². The molecule has 6 heteroatoms. The third-order valence-corrected chi connectivity index (χ3v) is 5.60. The molecule has 0 radical (unpaired) electrons. The number of aromatic nitrogens is 6. The number of hydrogen-bond acceptors (Lipinski definition) is 4. The van der Waals surface area contributed by atoms with Crippen LogP contribution in [-0.4, -0.2) is 30.8 Å². The van der Waals surface area contributed by atoms with Gasteiger partial charge in [-0.2, -0.15) is 30.8 Å². The molecule has 0 unspecified atom stereocenters. The lowest BCUT2D eigenvalue weighted by molar-refractivity contribution is 0.522. The molecule has 0 amide bonds. The van der Waals surface area contributed by atoms with E-state index >= 15 is 0 Å². The average molecular weight is 318 g/mol. The van der Waals surface area contributed by atoms with Crippen LogP contribution in [0, 0.1) is 0 Å². The molecule has 24 heavy (non-hydrogen) atoms. The molecular weight excluding hydrogens is 300 g/mol. The Balaban J connectivity index is 1.93. The second kappa shape index (κ2) is 4.01. The third-order valence-electron chi connectivity index (χ3n) is 5.60. The first-order valence-corrected chi connectivity index (χ1v) is 8.10. The highest BCUT2D eigenvalue weighted by Gasteiger charge is 2.42. The Bertz CT molecular complexity index is 945. The molecule has 0 bridgehead atoms. The largest absolute Gasteiger partial charge is 0.197 e. The van der Waals surface area contributed by atoms with Crippen molar-refractivity contribution in [3.63, 3.8) is 0 Å². The van der Waals surface area contributed by atoms with Gasteiger partial charge in [0.05, 0.1) is 0 Å². The van der Waals surface area contributed by atoms with E-state index in [1.54, 1.807) is 0 Å². The van der Waals surface area contributed by atoms with Gasteiger partial charge in [0.15, 0.2) is 0 Å². The summed E-state index contributed by atoms with van der Waals surface area (Å²) in [5.74, 6) is 0. The van der Waals surface area contributed by atoms with Crippen LogP contribution in [0.15, 0.2) is 24.3 Å². The van der Waals surface area contributed by atoms with E-state index in [0.717, 1.165) is 22.1 Å². The number of nitrogens with zero attached hydrogens (tertiary/aromatic N) is 4. The van der Waals surface area contributed by atoms with E-state index < -0.39 is 0 Å². The first-order chi connectivity index (χ1) is 11.4. The molecule has 6 nitrogen and oxygen atoms in total. The van der Waals surface area contributed by atoms with Crippen LogP contribution in [-0.2, 0) is 10.8 Å². The number of benzene rings is 2. The van der Waals surface area contributed by atoms with Gasteiger partial charge in [0.25, 0.3) is 0 Å². The molecule has 2 aromatic carbocycles. The zero-order valence-corrected chi connectivity index (χ0v) is 14.1. The Morgan fingerprint density at radius 3 is 1.04 bits per heavy atom. The lowest BCUT2D eigenvalue weighted by atomic mass is 9.60. The van der Waals surface area contributed by atoms with Gasteiger partial charge in [-0.15, -0.1) is 0 Å². The predicted octanol–water partition coefficient (Wildman–Crippen LogP) is 3.19. The van der Waals surface area contributed by atoms with Gasteiger partial charge >= 0.3 is 0 Å². The topological polar surface area (TPSA) is 83.1 Å². The van der Waals surface area contributed by atoms with E-state index in [2.05, 4.69) is 82.8 Å². The number of hydrogen-bond donors (Lipinski definition) is 2. The summed E-state index contributed by atoms with van der Waals surface area (Å²) in [5.41, 5.74) is 8.53. The smallest absolute Gasteiger partial charge is 0.113 e. The molecule has 2 aromatic heterocycles. The number of H-pyrrole nitrogens is 2. The molecule has 0 fully saturated rings. The maximum Gasteiger partial charge on any atom is 0.113 e. The summed E-state index contributed by atoms with van der Waals surface area (Å²) in [6.07, 6.45) is 0. The second-order valence-electron chi connectivity index (χ2n) is 7.67. The minimum atomic E-state index is -0.138. The number of aromatic amines is 2. The Morgan fingerprint density at radius 2 is 0.792 bits per heavy atom. The quantitative estimate of drug-likeness (QED) is 0.521. The molecule has 0 saturated carbocycles. The Kier molecular flexibility index (Phi) is 2.28. The number of fused-ring (bicyclic) bond motifs is 4. The van der Waals surface area contributed by atoms with Crippen LogP contribution >= 0.6 is 0 Å². The Hall–Kier alpha value is -2.76. The SMILES string of the molecule is CC1(C)c2cc3n[nH]nc3cc2C(C)(C)c2cc3n[nH]nc3cc21. The van der Waals surface area contributed by atoms with E-state index in [1.807, 2.05) is 0 Å². The zero-order valence-electron chi connectivity index (χ0n) is 14.1. The van der Waals surface area contributed by atoms with Crippen molar-refractivity contribution in [3.8, 4) is 0 Å². The van der Waals surface area contributed by atoms with E-state index in [1.165, 1.54) is 22.3 Å². The second-order valence-corrected chi connectivity index (χ2v) is 7.67. The highest BCUT2D eigenvalue weighted by molar-refractivity contribution is 5.82. The van der Waals surface area contributed by atoms with Crippen LogP contribution in [0.5, 0.6) is 0 Å². The molecule has 0 aliphatic heterocycles. The lowest BCUT2D eigenvalue weighted by Gasteiger charge is -2.43. The molecule has 0 atom stereocenters. The van der Waals surface area contributed by atoms with Crippen molar-refractivity contribution >= 4 is 22.1 Å². The van der Waals surface area contributed by atoms with Crippen molar-refractivity contribution in [2.75, 3.05) is 0 Å². The van der Waals surface area contributed by atoms with Crippen LogP contribution in [0.1, 0.15) is 49.9 Å². The molecule has 120 valence electrons. The van der Waals surface area contributed by atoms with Crippen molar-refractivity contribution in [2.24, 2.45) is 0 Å². The maximum atomic E-state index is 4.27. The molecule has 1 aliphatic rings. The summed E-state index contributed by atoms with van der Waals surface area (Å²) in [7, 11) is 0. The van der Waals surface area contributed by atoms with E-state index in [4.69, 9.17) is 0 Å². The van der Waals surface area contributed by atoms with Gasteiger partial charge in [0.1, 0.15) is 22.1 Å². The molecule has 2 N–H and O–H groups in total. The van der Waals surface area contributed by atoms with Gasteiger partial charge < -0.3 is 0 Å². The summed E-state index contributed by atoms with van der Waals surface area (Å²) >= 11 is 0. The van der Waals surface area contributed by atoms with Gasteiger partial charge in [0.2, 0.25) is 0 Å². The number of nitrogens with one attached hydrogen (secondary N) is 2. The fourth-order valence-electron chi connectivity index (χ4n) is 4.14. The molecule has 0 spiro atoms. The summed E-state index contributed by atoms with van der Waals surface area (Å²) in [6.45, 7) is 9.05. The molecule has 2 heterocycles. The van der Waals surface area contributed by atoms with Crippen molar-refractivity contribution in [1.82, 2.24) is 30.8 Å².